The minimum absolute atomic E-state index is 0.0930. The Morgan fingerprint density at radius 1 is 1.00 bits per heavy atom. The van der Waals surface area contributed by atoms with Crippen LogP contribution in [0.25, 0.3) is 11.1 Å². The summed E-state index contributed by atoms with van der Waals surface area (Å²) in [6, 6.07) is 14.8. The number of carboxylic acids is 1. The van der Waals surface area contributed by atoms with E-state index < -0.39 is 17.6 Å². The van der Waals surface area contributed by atoms with Crippen molar-refractivity contribution in [3.63, 3.8) is 0 Å². The fourth-order valence-corrected chi connectivity index (χ4v) is 6.27. The molecule has 0 bridgehead atoms. The molecule has 2 atom stereocenters. The lowest BCUT2D eigenvalue weighted by Crippen LogP contribution is -2.12. The van der Waals surface area contributed by atoms with Crippen LogP contribution in [-0.2, 0) is 6.42 Å². The number of allylic oxidation sites excluding steroid dienone is 1. The molecule has 7 heteroatoms. The fourth-order valence-electron chi connectivity index (χ4n) is 5.98. The number of carboxylic acid groups (broad SMARTS) is 1. The summed E-state index contributed by atoms with van der Waals surface area (Å²) in [5.41, 5.74) is 3.65. The summed E-state index contributed by atoms with van der Waals surface area (Å²) in [6.45, 7) is -0.283. The van der Waals surface area contributed by atoms with Crippen molar-refractivity contribution in [1.29, 1.82) is 0 Å². The molecular weight excluding hydrogens is 525 g/mol. The van der Waals surface area contributed by atoms with Crippen molar-refractivity contribution in [3.05, 3.63) is 99.1 Å². The van der Waals surface area contributed by atoms with Crippen LogP contribution in [0.2, 0.25) is 5.02 Å². The molecular formula is C32H30ClF3O3. The van der Waals surface area contributed by atoms with Gasteiger partial charge in [0.2, 0.25) is 0 Å². The monoisotopic (exact) mass is 554 g/mol. The van der Waals surface area contributed by atoms with Gasteiger partial charge in [0.05, 0.1) is 23.4 Å². The van der Waals surface area contributed by atoms with E-state index >= 15 is 4.39 Å². The third-order valence-corrected chi connectivity index (χ3v) is 8.15. The van der Waals surface area contributed by atoms with Crippen LogP contribution < -0.4 is 4.74 Å². The maximum Gasteiger partial charge on any atom is 0.338 e. The number of carbonyl (C=O) groups is 1. The maximum absolute atomic E-state index is 15.4. The second-order valence-corrected chi connectivity index (χ2v) is 10.8. The standard InChI is InChI=1S/C32H30ClF3O3/c33-29-18-21(35)9-13-24(29)25-4-1-5-27-26(14-15-28(31(27)36)32(37)38)30(25)20-7-11-22(12-8-20)39-23-10-6-19(17-23)3-2-16-34/h7-9,11-15,18-19,23H,1-6,10,16-17H2,(H,37,38)/t19?,23-/m0/s1. The molecule has 0 saturated heterocycles. The zero-order valence-corrected chi connectivity index (χ0v) is 22.2. The summed E-state index contributed by atoms with van der Waals surface area (Å²) < 4.78 is 48.1. The number of halogens is 4. The topological polar surface area (TPSA) is 46.5 Å². The molecule has 0 aliphatic heterocycles. The molecule has 1 fully saturated rings. The van der Waals surface area contributed by atoms with Crippen LogP contribution in [0, 0.1) is 17.6 Å². The zero-order valence-electron chi connectivity index (χ0n) is 21.5. The first-order valence-electron chi connectivity index (χ1n) is 13.4. The SMILES string of the molecule is O=C(O)c1ccc2c(c1F)CCCC(c1ccc(F)cc1Cl)=C2c1ccc(O[C@H]2CCC(CCCF)C2)cc1. The first-order chi connectivity index (χ1) is 18.9. The molecule has 0 spiro atoms. The Balaban J connectivity index is 1.54. The highest BCUT2D eigenvalue weighted by molar-refractivity contribution is 6.32. The van der Waals surface area contributed by atoms with Gasteiger partial charge in [-0.25, -0.2) is 13.6 Å². The lowest BCUT2D eigenvalue weighted by molar-refractivity contribution is 0.0691. The Bertz CT molecular complexity index is 1400. The summed E-state index contributed by atoms with van der Waals surface area (Å²) in [5.74, 6) is -1.28. The number of rotatable bonds is 8. The fraction of sp³-hybridized carbons (Fsp3) is 0.344. The zero-order chi connectivity index (χ0) is 27.5. The number of alkyl halides is 1. The molecule has 3 aromatic rings. The van der Waals surface area contributed by atoms with E-state index in [-0.39, 0.29) is 23.4 Å². The highest BCUT2D eigenvalue weighted by Gasteiger charge is 2.28. The van der Waals surface area contributed by atoms with Gasteiger partial charge in [0.1, 0.15) is 17.4 Å². The molecule has 5 rings (SSSR count). The Morgan fingerprint density at radius 2 is 1.77 bits per heavy atom. The van der Waals surface area contributed by atoms with Crippen LogP contribution in [-0.4, -0.2) is 23.9 Å². The van der Waals surface area contributed by atoms with Crippen LogP contribution in [0.4, 0.5) is 13.2 Å². The molecule has 204 valence electrons. The van der Waals surface area contributed by atoms with Crippen molar-refractivity contribution in [1.82, 2.24) is 0 Å². The van der Waals surface area contributed by atoms with Crippen LogP contribution in [0.5, 0.6) is 5.75 Å². The first kappa shape index (κ1) is 27.3. The average molecular weight is 555 g/mol. The van der Waals surface area contributed by atoms with Crippen molar-refractivity contribution in [3.8, 4) is 5.75 Å². The van der Waals surface area contributed by atoms with Crippen molar-refractivity contribution in [2.45, 2.75) is 57.5 Å². The van der Waals surface area contributed by atoms with E-state index in [1.54, 1.807) is 12.1 Å². The van der Waals surface area contributed by atoms with Crippen LogP contribution in [0.15, 0.2) is 54.6 Å². The van der Waals surface area contributed by atoms with Crippen molar-refractivity contribution >= 4 is 28.7 Å². The first-order valence-corrected chi connectivity index (χ1v) is 13.8. The lowest BCUT2D eigenvalue weighted by Gasteiger charge is -2.19. The van der Waals surface area contributed by atoms with E-state index in [9.17, 15) is 18.7 Å². The molecule has 0 aromatic heterocycles. The maximum atomic E-state index is 15.4. The number of aromatic carboxylic acids is 1. The number of benzene rings is 3. The predicted molar refractivity (Wildman–Crippen MR) is 147 cm³/mol. The molecule has 1 saturated carbocycles. The van der Waals surface area contributed by atoms with E-state index in [0.717, 1.165) is 48.1 Å². The van der Waals surface area contributed by atoms with Crippen LogP contribution >= 0.6 is 11.6 Å². The van der Waals surface area contributed by atoms with E-state index in [1.807, 2.05) is 24.3 Å². The third-order valence-electron chi connectivity index (χ3n) is 7.84. The highest BCUT2D eigenvalue weighted by Crippen LogP contribution is 2.43. The summed E-state index contributed by atoms with van der Waals surface area (Å²) in [4.78, 5) is 11.6. The smallest absolute Gasteiger partial charge is 0.338 e. The summed E-state index contributed by atoms with van der Waals surface area (Å²) in [5, 5.41) is 9.74. The van der Waals surface area contributed by atoms with E-state index in [0.29, 0.717) is 48.3 Å². The minimum atomic E-state index is -1.31. The molecule has 3 aromatic carbocycles. The molecule has 2 aliphatic rings. The Morgan fingerprint density at radius 3 is 2.49 bits per heavy atom. The van der Waals surface area contributed by atoms with E-state index in [1.165, 1.54) is 18.2 Å². The van der Waals surface area contributed by atoms with Gasteiger partial charge in [-0.1, -0.05) is 35.9 Å². The molecule has 2 aliphatic carbocycles. The second kappa shape index (κ2) is 11.9. The second-order valence-electron chi connectivity index (χ2n) is 10.4. The van der Waals surface area contributed by atoms with Gasteiger partial charge in [-0.15, -0.1) is 0 Å². The molecule has 0 heterocycles. The molecule has 0 radical (unpaired) electrons. The average Bonchev–Trinajstić information content (AvgIpc) is 3.26. The number of fused-ring (bicyclic) bond motifs is 1. The predicted octanol–water partition coefficient (Wildman–Crippen LogP) is 8.91. The molecule has 0 amide bonds. The van der Waals surface area contributed by atoms with E-state index in [2.05, 4.69) is 0 Å². The molecule has 1 unspecified atom stereocenters. The summed E-state index contributed by atoms with van der Waals surface area (Å²) >= 11 is 6.49. The number of hydrogen-bond acceptors (Lipinski definition) is 2. The third kappa shape index (κ3) is 5.86. The lowest BCUT2D eigenvalue weighted by atomic mass is 9.87. The summed E-state index contributed by atoms with van der Waals surface area (Å²) in [7, 11) is 0. The molecule has 3 nitrogen and oxygen atoms in total. The number of ether oxygens (including phenoxy) is 1. The van der Waals surface area contributed by atoms with Gasteiger partial charge in [0, 0.05) is 0 Å². The van der Waals surface area contributed by atoms with Crippen molar-refractivity contribution in [2.75, 3.05) is 6.67 Å². The molecule has 39 heavy (non-hydrogen) atoms. The van der Waals surface area contributed by atoms with Crippen LogP contribution in [0.3, 0.4) is 0 Å². The number of hydrogen-bond donors (Lipinski definition) is 1. The van der Waals surface area contributed by atoms with Crippen LogP contribution in [0.1, 0.15) is 77.6 Å². The quantitative estimate of drug-likeness (QED) is 0.302. The minimum Gasteiger partial charge on any atom is -0.490 e. The van der Waals surface area contributed by atoms with Gasteiger partial charge >= 0.3 is 5.97 Å². The van der Waals surface area contributed by atoms with Gasteiger partial charge in [0.15, 0.2) is 0 Å². The van der Waals surface area contributed by atoms with Gasteiger partial charge in [0.25, 0.3) is 0 Å². The van der Waals surface area contributed by atoms with E-state index in [4.69, 9.17) is 16.3 Å². The van der Waals surface area contributed by atoms with Crippen molar-refractivity contribution in [2.24, 2.45) is 5.92 Å². The van der Waals surface area contributed by atoms with Crippen molar-refractivity contribution < 1.29 is 27.8 Å². The van der Waals surface area contributed by atoms with Gasteiger partial charge in [-0.2, -0.15) is 0 Å². The normalized spacial score (nSPS) is 19.1. The Kier molecular flexibility index (Phi) is 8.31. The summed E-state index contributed by atoms with van der Waals surface area (Å²) in [6.07, 6.45) is 5.96. The Labute approximate surface area is 231 Å². The largest absolute Gasteiger partial charge is 0.490 e. The molecule has 1 N–H and O–H groups in total. The van der Waals surface area contributed by atoms with Gasteiger partial charge < -0.3 is 9.84 Å². The highest BCUT2D eigenvalue weighted by atomic mass is 35.5. The van der Waals surface area contributed by atoms with Gasteiger partial charge in [-0.3, -0.25) is 4.39 Å². The Hall–Kier alpha value is -3.25. The van der Waals surface area contributed by atoms with Gasteiger partial charge in [-0.05, 0) is 121 Å².